The molecule has 0 atom stereocenters. The van der Waals surface area contributed by atoms with Crippen molar-refractivity contribution in [2.45, 2.75) is 26.2 Å². The molecule has 2 heterocycles. The minimum absolute atomic E-state index is 0.0386. The van der Waals surface area contributed by atoms with Crippen LogP contribution >= 0.6 is 31.9 Å². The second-order valence-electron chi connectivity index (χ2n) is 8.79. The molecule has 1 fully saturated rings. The Kier molecular flexibility index (Phi) is 6.31. The van der Waals surface area contributed by atoms with E-state index >= 15 is 0 Å². The molecule has 1 aliphatic rings. The fraction of sp³-hybridized carbons (Fsp3) is 0.348. The van der Waals surface area contributed by atoms with Gasteiger partial charge in [0.05, 0.1) is 8.95 Å². The molecule has 3 aromatic rings. The number of phenolic OH excluding ortho intramolecular Hbond substituents is 1. The number of piperazine rings is 1. The summed E-state index contributed by atoms with van der Waals surface area (Å²) in [5.74, 6) is 0.0541. The average molecular weight is 564 g/mol. The SMILES string of the molecule is CC(C)(C)c1ccc(N2CCN(C(=O)c3nc(-c4cc(Br)c(O)c(Br)c4)no3)CC2)cc1. The van der Waals surface area contributed by atoms with E-state index in [1.807, 2.05) is 0 Å². The molecule has 0 saturated carbocycles. The highest BCUT2D eigenvalue weighted by atomic mass is 79.9. The zero-order chi connectivity index (χ0) is 23.0. The van der Waals surface area contributed by atoms with Crippen molar-refractivity contribution in [2.24, 2.45) is 0 Å². The molecule has 0 spiro atoms. The molecule has 1 amide bonds. The highest BCUT2D eigenvalue weighted by molar-refractivity contribution is 9.11. The number of carbonyl (C=O) groups excluding carboxylic acids is 1. The fourth-order valence-corrected chi connectivity index (χ4v) is 4.78. The number of aromatic nitrogens is 2. The van der Waals surface area contributed by atoms with Gasteiger partial charge in [0.1, 0.15) is 5.75 Å². The monoisotopic (exact) mass is 562 g/mol. The summed E-state index contributed by atoms with van der Waals surface area (Å²) < 4.78 is 6.23. The average Bonchev–Trinajstić information content (AvgIpc) is 3.26. The zero-order valence-corrected chi connectivity index (χ0v) is 21.3. The number of nitrogens with zero attached hydrogens (tertiary/aromatic N) is 4. The molecule has 0 radical (unpaired) electrons. The molecule has 1 saturated heterocycles. The van der Waals surface area contributed by atoms with Crippen LogP contribution < -0.4 is 4.90 Å². The first-order chi connectivity index (χ1) is 15.1. The minimum Gasteiger partial charge on any atom is -0.506 e. The van der Waals surface area contributed by atoms with Crippen molar-refractivity contribution in [3.05, 3.63) is 56.8 Å². The number of amides is 1. The molecule has 1 N–H and O–H groups in total. The van der Waals surface area contributed by atoms with E-state index in [1.165, 1.54) is 5.56 Å². The molecule has 32 heavy (non-hydrogen) atoms. The number of aromatic hydroxyl groups is 1. The molecular weight excluding hydrogens is 540 g/mol. The van der Waals surface area contributed by atoms with Crippen LogP contribution in [0.2, 0.25) is 0 Å². The van der Waals surface area contributed by atoms with Crippen LogP contribution in [0.3, 0.4) is 0 Å². The number of hydrogen-bond donors (Lipinski definition) is 1. The lowest BCUT2D eigenvalue weighted by Crippen LogP contribution is -2.48. The van der Waals surface area contributed by atoms with E-state index in [9.17, 15) is 9.90 Å². The van der Waals surface area contributed by atoms with Crippen LogP contribution in [0.15, 0.2) is 49.9 Å². The summed E-state index contributed by atoms with van der Waals surface area (Å²) >= 11 is 6.57. The maximum absolute atomic E-state index is 12.9. The van der Waals surface area contributed by atoms with E-state index in [2.05, 4.69) is 91.9 Å². The van der Waals surface area contributed by atoms with Crippen LogP contribution in [0, 0.1) is 0 Å². The molecule has 4 rings (SSSR count). The summed E-state index contributed by atoms with van der Waals surface area (Å²) in [6.07, 6.45) is 0. The van der Waals surface area contributed by atoms with Crippen molar-refractivity contribution in [1.29, 1.82) is 0 Å². The van der Waals surface area contributed by atoms with Crippen molar-refractivity contribution < 1.29 is 14.4 Å². The molecule has 9 heteroatoms. The standard InChI is InChI=1S/C23H24Br2N4O3/c1-23(2,3)15-4-6-16(7-5-15)28-8-10-29(11-9-28)22(31)21-26-20(27-32-21)14-12-17(24)19(30)18(25)13-14/h4-7,12-13,30H,8-11H2,1-3H3. The Hall–Kier alpha value is -2.39. The Labute approximate surface area is 203 Å². The Morgan fingerprint density at radius 2 is 1.62 bits per heavy atom. The number of rotatable bonds is 3. The van der Waals surface area contributed by atoms with E-state index in [4.69, 9.17) is 4.52 Å². The van der Waals surface area contributed by atoms with E-state index in [1.54, 1.807) is 17.0 Å². The van der Waals surface area contributed by atoms with Crippen molar-refractivity contribution >= 4 is 43.5 Å². The fourth-order valence-electron chi connectivity index (χ4n) is 3.60. The van der Waals surface area contributed by atoms with Crippen molar-refractivity contribution in [2.75, 3.05) is 31.1 Å². The maximum Gasteiger partial charge on any atom is 0.316 e. The number of phenols is 1. The lowest BCUT2D eigenvalue weighted by molar-refractivity contribution is 0.0696. The van der Waals surface area contributed by atoms with Gasteiger partial charge in [-0.1, -0.05) is 38.1 Å². The second-order valence-corrected chi connectivity index (χ2v) is 10.5. The molecule has 0 bridgehead atoms. The zero-order valence-electron chi connectivity index (χ0n) is 18.1. The van der Waals surface area contributed by atoms with Crippen molar-refractivity contribution in [1.82, 2.24) is 15.0 Å². The predicted molar refractivity (Wildman–Crippen MR) is 130 cm³/mol. The van der Waals surface area contributed by atoms with Gasteiger partial charge in [-0.15, -0.1) is 0 Å². The van der Waals surface area contributed by atoms with E-state index in [0.29, 0.717) is 27.6 Å². The summed E-state index contributed by atoms with van der Waals surface area (Å²) in [6, 6.07) is 12.0. The third-order valence-corrected chi connectivity index (χ3v) is 6.76. The largest absolute Gasteiger partial charge is 0.506 e. The number of hydrogen-bond acceptors (Lipinski definition) is 6. The Morgan fingerprint density at radius 1 is 1.03 bits per heavy atom. The summed E-state index contributed by atoms with van der Waals surface area (Å²) in [5.41, 5.74) is 3.20. The quantitative estimate of drug-likeness (QED) is 0.470. The number of carbonyl (C=O) groups is 1. The smallest absolute Gasteiger partial charge is 0.316 e. The highest BCUT2D eigenvalue weighted by Gasteiger charge is 2.27. The van der Waals surface area contributed by atoms with E-state index in [-0.39, 0.29) is 28.8 Å². The van der Waals surface area contributed by atoms with Crippen LogP contribution in [0.4, 0.5) is 5.69 Å². The number of benzene rings is 2. The van der Waals surface area contributed by atoms with Crippen LogP contribution in [0.25, 0.3) is 11.4 Å². The van der Waals surface area contributed by atoms with Crippen molar-refractivity contribution in [3.8, 4) is 17.1 Å². The van der Waals surface area contributed by atoms with Gasteiger partial charge in [0.15, 0.2) is 0 Å². The van der Waals surface area contributed by atoms with Gasteiger partial charge in [-0.3, -0.25) is 4.79 Å². The third kappa shape index (κ3) is 4.68. The van der Waals surface area contributed by atoms with Gasteiger partial charge >= 0.3 is 11.8 Å². The van der Waals surface area contributed by atoms with Crippen LogP contribution in [-0.4, -0.2) is 52.2 Å². The van der Waals surface area contributed by atoms with E-state index in [0.717, 1.165) is 18.8 Å². The third-order valence-electron chi connectivity index (χ3n) is 5.55. The normalized spacial score (nSPS) is 14.7. The van der Waals surface area contributed by atoms with Gasteiger partial charge < -0.3 is 19.4 Å². The molecule has 2 aromatic carbocycles. The molecule has 1 aliphatic heterocycles. The molecule has 0 aliphatic carbocycles. The molecule has 1 aromatic heterocycles. The van der Waals surface area contributed by atoms with Gasteiger partial charge in [0.2, 0.25) is 5.82 Å². The summed E-state index contributed by atoms with van der Waals surface area (Å²) in [4.78, 5) is 21.2. The van der Waals surface area contributed by atoms with Gasteiger partial charge in [-0.25, -0.2) is 0 Å². The summed E-state index contributed by atoms with van der Waals surface area (Å²) in [6.45, 7) is 9.23. The second kappa shape index (κ2) is 8.86. The van der Waals surface area contributed by atoms with E-state index < -0.39 is 0 Å². The Morgan fingerprint density at radius 3 is 2.19 bits per heavy atom. The first-order valence-corrected chi connectivity index (χ1v) is 11.9. The number of halogens is 2. The minimum atomic E-state index is -0.275. The Balaban J connectivity index is 1.41. The molecular formula is C23H24Br2N4O3. The predicted octanol–water partition coefficient (Wildman–Crippen LogP) is 5.23. The van der Waals surface area contributed by atoms with Crippen LogP contribution in [-0.2, 0) is 5.41 Å². The first-order valence-electron chi connectivity index (χ1n) is 10.3. The summed E-state index contributed by atoms with van der Waals surface area (Å²) in [7, 11) is 0. The number of anilines is 1. The van der Waals surface area contributed by atoms with Gasteiger partial charge in [0.25, 0.3) is 0 Å². The maximum atomic E-state index is 12.9. The van der Waals surface area contributed by atoms with Crippen LogP contribution in [0.5, 0.6) is 5.75 Å². The van der Waals surface area contributed by atoms with Crippen molar-refractivity contribution in [3.63, 3.8) is 0 Å². The Bertz CT molecular complexity index is 1110. The molecule has 0 unspecified atom stereocenters. The van der Waals surface area contributed by atoms with Gasteiger partial charge in [-0.05, 0) is 67.1 Å². The molecule has 7 nitrogen and oxygen atoms in total. The molecule has 168 valence electrons. The lowest BCUT2D eigenvalue weighted by Gasteiger charge is -2.35. The van der Waals surface area contributed by atoms with Crippen LogP contribution in [0.1, 0.15) is 37.0 Å². The van der Waals surface area contributed by atoms with Gasteiger partial charge in [-0.2, -0.15) is 4.98 Å². The first kappa shape index (κ1) is 22.8. The lowest BCUT2D eigenvalue weighted by atomic mass is 9.87. The highest BCUT2D eigenvalue weighted by Crippen LogP contribution is 2.36. The summed E-state index contributed by atoms with van der Waals surface area (Å²) in [5, 5.41) is 13.8. The van der Waals surface area contributed by atoms with Gasteiger partial charge in [0, 0.05) is 37.4 Å². The topological polar surface area (TPSA) is 82.7 Å².